The molecule has 3 heteroatoms. The minimum absolute atomic E-state index is 0.0533. The minimum atomic E-state index is -0.765. The van der Waals surface area contributed by atoms with Crippen molar-refractivity contribution in [2.45, 2.75) is 32.4 Å². The van der Waals surface area contributed by atoms with Crippen LogP contribution in [0.15, 0.2) is 24.3 Å². The summed E-state index contributed by atoms with van der Waals surface area (Å²) < 4.78 is 0. The van der Waals surface area contributed by atoms with Gasteiger partial charge >= 0.3 is 0 Å². The standard InChI is InChI=1S/C11H16ClNO/c1-8(11(2,3)14)13-10-7-5-4-6-9(10)12/h4-8,13-14H,1-3H3. The molecular weight excluding hydrogens is 198 g/mol. The second kappa shape index (κ2) is 4.20. The maximum atomic E-state index is 9.73. The van der Waals surface area contributed by atoms with Crippen molar-refractivity contribution in [3.8, 4) is 0 Å². The van der Waals surface area contributed by atoms with Gasteiger partial charge in [0.1, 0.15) is 0 Å². The lowest BCUT2D eigenvalue weighted by Crippen LogP contribution is -2.39. The smallest absolute Gasteiger partial charge is 0.0789 e. The molecule has 0 saturated carbocycles. The van der Waals surface area contributed by atoms with Gasteiger partial charge in [-0.1, -0.05) is 23.7 Å². The molecule has 78 valence electrons. The maximum Gasteiger partial charge on any atom is 0.0789 e. The van der Waals surface area contributed by atoms with Crippen LogP contribution in [0.25, 0.3) is 0 Å². The van der Waals surface area contributed by atoms with Crippen LogP contribution in [0.1, 0.15) is 20.8 Å². The average molecular weight is 214 g/mol. The summed E-state index contributed by atoms with van der Waals surface area (Å²) in [6.07, 6.45) is 0. The van der Waals surface area contributed by atoms with Crippen molar-refractivity contribution in [2.24, 2.45) is 0 Å². The molecule has 0 aromatic heterocycles. The zero-order valence-electron chi connectivity index (χ0n) is 8.71. The van der Waals surface area contributed by atoms with E-state index in [4.69, 9.17) is 11.6 Å². The van der Waals surface area contributed by atoms with Gasteiger partial charge in [0.15, 0.2) is 0 Å². The number of hydrogen-bond donors (Lipinski definition) is 2. The summed E-state index contributed by atoms with van der Waals surface area (Å²) >= 11 is 5.97. The second-order valence-electron chi connectivity index (χ2n) is 4.00. The van der Waals surface area contributed by atoms with Crippen LogP contribution in [0.3, 0.4) is 0 Å². The molecular formula is C11H16ClNO. The normalized spacial score (nSPS) is 13.8. The third-order valence-electron chi connectivity index (χ3n) is 2.31. The van der Waals surface area contributed by atoms with Gasteiger partial charge in [-0.2, -0.15) is 0 Å². The van der Waals surface area contributed by atoms with Crippen molar-refractivity contribution in [3.63, 3.8) is 0 Å². The Morgan fingerprint density at radius 1 is 1.36 bits per heavy atom. The summed E-state index contributed by atoms with van der Waals surface area (Å²) in [7, 11) is 0. The number of halogens is 1. The number of rotatable bonds is 3. The monoisotopic (exact) mass is 213 g/mol. The highest BCUT2D eigenvalue weighted by Gasteiger charge is 2.22. The van der Waals surface area contributed by atoms with Gasteiger partial charge in [-0.15, -0.1) is 0 Å². The largest absolute Gasteiger partial charge is 0.388 e. The van der Waals surface area contributed by atoms with Crippen molar-refractivity contribution in [3.05, 3.63) is 29.3 Å². The fraction of sp³-hybridized carbons (Fsp3) is 0.455. The first kappa shape index (κ1) is 11.3. The molecule has 14 heavy (non-hydrogen) atoms. The Labute approximate surface area is 89.9 Å². The number of para-hydroxylation sites is 1. The van der Waals surface area contributed by atoms with Crippen LogP contribution in [0.5, 0.6) is 0 Å². The Morgan fingerprint density at radius 2 is 1.93 bits per heavy atom. The van der Waals surface area contributed by atoms with E-state index >= 15 is 0 Å². The Morgan fingerprint density at radius 3 is 2.43 bits per heavy atom. The Bertz CT molecular complexity index is 306. The predicted octanol–water partition coefficient (Wildman–Crippen LogP) is 2.91. The van der Waals surface area contributed by atoms with E-state index in [0.29, 0.717) is 5.02 Å². The third-order valence-corrected chi connectivity index (χ3v) is 2.64. The van der Waals surface area contributed by atoms with Gasteiger partial charge in [0.05, 0.1) is 22.4 Å². The van der Waals surface area contributed by atoms with Gasteiger partial charge in [-0.3, -0.25) is 0 Å². The van der Waals surface area contributed by atoms with Gasteiger partial charge in [-0.25, -0.2) is 0 Å². The fourth-order valence-electron chi connectivity index (χ4n) is 0.988. The predicted molar refractivity (Wildman–Crippen MR) is 60.8 cm³/mol. The first-order valence-electron chi connectivity index (χ1n) is 4.64. The zero-order chi connectivity index (χ0) is 10.8. The van der Waals surface area contributed by atoms with Gasteiger partial charge in [0, 0.05) is 0 Å². The summed E-state index contributed by atoms with van der Waals surface area (Å²) in [4.78, 5) is 0. The number of nitrogens with one attached hydrogen (secondary N) is 1. The first-order chi connectivity index (χ1) is 6.41. The summed E-state index contributed by atoms with van der Waals surface area (Å²) in [5.74, 6) is 0. The van der Waals surface area contributed by atoms with Gasteiger partial charge in [0.25, 0.3) is 0 Å². The Balaban J connectivity index is 2.75. The number of aliphatic hydroxyl groups is 1. The summed E-state index contributed by atoms with van der Waals surface area (Å²) in [5, 5.41) is 13.6. The topological polar surface area (TPSA) is 32.3 Å². The molecule has 0 fully saturated rings. The van der Waals surface area contributed by atoms with Crippen molar-refractivity contribution in [1.82, 2.24) is 0 Å². The van der Waals surface area contributed by atoms with Crippen molar-refractivity contribution in [1.29, 1.82) is 0 Å². The van der Waals surface area contributed by atoms with Crippen LogP contribution in [0.2, 0.25) is 5.02 Å². The molecule has 0 saturated heterocycles. The van der Waals surface area contributed by atoms with E-state index in [2.05, 4.69) is 5.32 Å². The molecule has 1 aromatic carbocycles. The highest BCUT2D eigenvalue weighted by atomic mass is 35.5. The number of benzene rings is 1. The first-order valence-corrected chi connectivity index (χ1v) is 5.02. The molecule has 2 nitrogen and oxygen atoms in total. The van der Waals surface area contributed by atoms with Crippen molar-refractivity contribution >= 4 is 17.3 Å². The van der Waals surface area contributed by atoms with E-state index in [1.807, 2.05) is 31.2 Å². The van der Waals surface area contributed by atoms with E-state index in [0.717, 1.165) is 5.69 Å². The Kier molecular flexibility index (Phi) is 3.40. The molecule has 2 N–H and O–H groups in total. The average Bonchev–Trinajstić information content (AvgIpc) is 2.07. The van der Waals surface area contributed by atoms with Gasteiger partial charge < -0.3 is 10.4 Å². The second-order valence-corrected chi connectivity index (χ2v) is 4.41. The summed E-state index contributed by atoms with van der Waals surface area (Å²) in [5.41, 5.74) is 0.0860. The lowest BCUT2D eigenvalue weighted by molar-refractivity contribution is 0.0649. The molecule has 0 heterocycles. The van der Waals surface area contributed by atoms with Crippen LogP contribution in [0.4, 0.5) is 5.69 Å². The van der Waals surface area contributed by atoms with E-state index in [-0.39, 0.29) is 6.04 Å². The molecule has 0 aliphatic rings. The fourth-order valence-corrected chi connectivity index (χ4v) is 1.18. The molecule has 0 radical (unpaired) electrons. The lowest BCUT2D eigenvalue weighted by atomic mass is 10.0. The zero-order valence-corrected chi connectivity index (χ0v) is 9.47. The molecule has 1 atom stereocenters. The van der Waals surface area contributed by atoms with Crippen molar-refractivity contribution in [2.75, 3.05) is 5.32 Å². The van der Waals surface area contributed by atoms with Crippen LogP contribution in [0, 0.1) is 0 Å². The van der Waals surface area contributed by atoms with Gasteiger partial charge in [-0.05, 0) is 32.9 Å². The van der Waals surface area contributed by atoms with Gasteiger partial charge in [0.2, 0.25) is 0 Å². The quantitative estimate of drug-likeness (QED) is 0.809. The molecule has 0 aliphatic carbocycles. The SMILES string of the molecule is CC(Nc1ccccc1Cl)C(C)(C)O. The van der Waals surface area contributed by atoms with E-state index in [1.165, 1.54) is 0 Å². The van der Waals surface area contributed by atoms with E-state index in [1.54, 1.807) is 13.8 Å². The minimum Gasteiger partial charge on any atom is -0.388 e. The number of anilines is 1. The van der Waals surface area contributed by atoms with Crippen LogP contribution >= 0.6 is 11.6 Å². The molecule has 1 rings (SSSR count). The maximum absolute atomic E-state index is 9.73. The molecule has 0 amide bonds. The third kappa shape index (κ3) is 2.89. The van der Waals surface area contributed by atoms with Crippen LogP contribution in [-0.2, 0) is 0 Å². The molecule has 0 spiro atoms. The van der Waals surface area contributed by atoms with Crippen molar-refractivity contribution < 1.29 is 5.11 Å². The number of hydrogen-bond acceptors (Lipinski definition) is 2. The van der Waals surface area contributed by atoms with E-state index in [9.17, 15) is 5.11 Å². The molecule has 0 bridgehead atoms. The summed E-state index contributed by atoms with van der Waals surface area (Å²) in [6.45, 7) is 5.45. The van der Waals surface area contributed by atoms with E-state index < -0.39 is 5.60 Å². The van der Waals surface area contributed by atoms with Crippen LogP contribution < -0.4 is 5.32 Å². The summed E-state index contributed by atoms with van der Waals surface area (Å²) in [6, 6.07) is 7.45. The Hall–Kier alpha value is -0.730. The lowest BCUT2D eigenvalue weighted by Gasteiger charge is -2.27. The highest BCUT2D eigenvalue weighted by Crippen LogP contribution is 2.23. The highest BCUT2D eigenvalue weighted by molar-refractivity contribution is 6.33. The van der Waals surface area contributed by atoms with Crippen LogP contribution in [-0.4, -0.2) is 16.7 Å². The molecule has 0 aliphatic heterocycles. The molecule has 1 aromatic rings. The molecule has 1 unspecified atom stereocenters.